The normalized spacial score (nSPS) is 14.2. The number of thiophene rings is 1. The molecule has 278 valence electrons. The Morgan fingerprint density at radius 2 is 1.14 bits per heavy atom. The van der Waals surface area contributed by atoms with Crippen molar-refractivity contribution in [3.63, 3.8) is 0 Å². The second-order valence-electron chi connectivity index (χ2n) is 15.6. The van der Waals surface area contributed by atoms with Gasteiger partial charge in [-0.15, -0.1) is 11.3 Å². The van der Waals surface area contributed by atoms with E-state index in [1.54, 1.807) is 11.3 Å². The van der Waals surface area contributed by atoms with E-state index in [0.29, 0.717) is 17.2 Å². The minimum atomic E-state index is -0.478. The minimum Gasteiger partial charge on any atom is -0.309 e. The first-order valence-electron chi connectivity index (χ1n) is 22.2. The average Bonchev–Trinajstić information content (AvgIpc) is 3.96. The number of fused-ring (bicyclic) bond motifs is 10. The van der Waals surface area contributed by atoms with E-state index in [-0.39, 0.29) is 28.9 Å². The maximum Gasteiger partial charge on any atom is 0.165 e. The number of para-hydroxylation sites is 1. The molecule has 8 aromatic carbocycles. The van der Waals surface area contributed by atoms with E-state index < -0.39 is 18.1 Å². The van der Waals surface area contributed by atoms with Gasteiger partial charge in [0, 0.05) is 58.7 Å². The van der Waals surface area contributed by atoms with Crippen molar-refractivity contribution in [2.24, 2.45) is 0 Å². The Kier molecular flexibility index (Phi) is 6.36. The lowest BCUT2D eigenvalue weighted by Gasteiger charge is -2.24. The first-order chi connectivity index (χ1) is 31.1. The highest BCUT2D eigenvalue weighted by Crippen LogP contribution is 2.53. The largest absolute Gasteiger partial charge is 0.309 e. The van der Waals surface area contributed by atoms with Crippen LogP contribution in [0.1, 0.15) is 31.8 Å². The molecule has 0 amide bonds. The van der Waals surface area contributed by atoms with Crippen LogP contribution in [0.4, 0.5) is 0 Å². The van der Waals surface area contributed by atoms with Gasteiger partial charge in [-0.3, -0.25) is 0 Å². The van der Waals surface area contributed by atoms with E-state index in [2.05, 4.69) is 134 Å². The fourth-order valence-electron chi connectivity index (χ4n) is 9.29. The van der Waals surface area contributed by atoms with E-state index in [9.17, 15) is 0 Å². The molecule has 0 fully saturated rings. The summed E-state index contributed by atoms with van der Waals surface area (Å²) in [6.45, 7) is 4.64. The average molecular weight is 778 g/mol. The molecular weight excluding hydrogens is 737 g/mol. The summed E-state index contributed by atoms with van der Waals surface area (Å²) < 4.78 is 47.9. The Balaban J connectivity index is 1.23. The molecule has 12 rings (SSSR count). The summed E-state index contributed by atoms with van der Waals surface area (Å²) in [6.07, 6.45) is 0. The highest BCUT2D eigenvalue weighted by molar-refractivity contribution is 7.26. The molecule has 1 aliphatic rings. The van der Waals surface area contributed by atoms with Gasteiger partial charge in [0.05, 0.1) is 17.9 Å². The first-order valence-corrected chi connectivity index (χ1v) is 20.5. The van der Waals surface area contributed by atoms with Crippen LogP contribution in [-0.4, -0.2) is 19.5 Å². The van der Waals surface area contributed by atoms with Crippen LogP contribution in [0.2, 0.25) is 0 Å². The second kappa shape index (κ2) is 12.9. The Morgan fingerprint density at radius 1 is 0.492 bits per heavy atom. The highest BCUT2D eigenvalue weighted by Gasteiger charge is 2.38. The van der Waals surface area contributed by atoms with Gasteiger partial charge in [0.25, 0.3) is 0 Å². The van der Waals surface area contributed by atoms with Gasteiger partial charge in [-0.05, 0) is 51.6 Å². The second-order valence-corrected chi connectivity index (χ2v) is 16.6. The molecule has 0 bridgehead atoms. The number of hydrogen-bond donors (Lipinski definition) is 0. The molecular formula is C54H36N4S. The number of nitrogens with zero attached hydrogens (tertiary/aromatic N) is 4. The number of aromatic nitrogens is 4. The monoisotopic (exact) mass is 777 g/mol. The molecule has 1 aliphatic carbocycles. The van der Waals surface area contributed by atoms with Crippen molar-refractivity contribution in [2.45, 2.75) is 19.3 Å². The maximum absolute atomic E-state index is 8.98. The van der Waals surface area contributed by atoms with Crippen molar-refractivity contribution >= 4 is 53.3 Å². The van der Waals surface area contributed by atoms with E-state index in [4.69, 9.17) is 21.8 Å². The van der Waals surface area contributed by atoms with Crippen LogP contribution in [0, 0.1) is 0 Å². The molecule has 59 heavy (non-hydrogen) atoms. The summed E-state index contributed by atoms with van der Waals surface area (Å²) in [4.78, 5) is 15.1. The maximum atomic E-state index is 8.98. The summed E-state index contributed by atoms with van der Waals surface area (Å²) in [6, 6.07) is 50.6. The van der Waals surface area contributed by atoms with Crippen LogP contribution in [0.5, 0.6) is 0 Å². The molecule has 3 heterocycles. The molecule has 11 aromatic rings. The van der Waals surface area contributed by atoms with Crippen LogP contribution >= 0.6 is 11.3 Å². The van der Waals surface area contributed by atoms with Crippen molar-refractivity contribution in [3.8, 4) is 62.1 Å². The summed E-state index contributed by atoms with van der Waals surface area (Å²) >= 11 is 1.68. The van der Waals surface area contributed by atoms with Gasteiger partial charge in [0.15, 0.2) is 17.5 Å². The van der Waals surface area contributed by atoms with E-state index in [1.165, 1.54) is 22.3 Å². The molecule has 3 aromatic heterocycles. The van der Waals surface area contributed by atoms with Gasteiger partial charge >= 0.3 is 0 Å². The predicted octanol–water partition coefficient (Wildman–Crippen LogP) is 14.3. The van der Waals surface area contributed by atoms with Gasteiger partial charge < -0.3 is 4.57 Å². The quantitative estimate of drug-likeness (QED) is 0.175. The SMILES string of the molecule is [2H]c1c([2H])c([2H])c(-c2nc(-c3ccccc3)nc(-c3cc(-n4c5ccccc5c5ccc6c(c54)C(C)(C)c4ccccc4-6)cc4c3sc3c(-c5ccccc5)cccc34)n2)c([2H])c1[2H]. The molecule has 4 nitrogen and oxygen atoms in total. The van der Waals surface area contributed by atoms with E-state index in [1.807, 2.05) is 36.4 Å². The zero-order valence-corrected chi connectivity index (χ0v) is 32.9. The van der Waals surface area contributed by atoms with Crippen LogP contribution < -0.4 is 0 Å². The van der Waals surface area contributed by atoms with Gasteiger partial charge in [-0.25, -0.2) is 15.0 Å². The lowest BCUT2D eigenvalue weighted by Crippen LogP contribution is -2.16. The Hall–Kier alpha value is -7.21. The smallest absolute Gasteiger partial charge is 0.165 e. The topological polar surface area (TPSA) is 43.6 Å². The van der Waals surface area contributed by atoms with Gasteiger partial charge in [0.2, 0.25) is 0 Å². The van der Waals surface area contributed by atoms with E-state index >= 15 is 0 Å². The molecule has 0 unspecified atom stereocenters. The van der Waals surface area contributed by atoms with Crippen molar-refractivity contribution < 1.29 is 6.85 Å². The summed E-state index contributed by atoms with van der Waals surface area (Å²) in [5.41, 5.74) is 11.4. The van der Waals surface area contributed by atoms with Crippen LogP contribution in [0.3, 0.4) is 0 Å². The summed E-state index contributed by atoms with van der Waals surface area (Å²) in [7, 11) is 0. The molecule has 0 saturated heterocycles. The fraction of sp³-hybridized carbons (Fsp3) is 0.0556. The summed E-state index contributed by atoms with van der Waals surface area (Å²) in [5, 5.41) is 4.42. The standard InChI is InChI=1S/C54H36N4S/c1-54(2)45-27-14-12-23-38(45)40-29-30-41-39-24-13-15-28-46(39)58(48(41)47(40)54)36-31-43-42-26-16-25-37(33-17-6-3-7-18-33)49(42)59-50(43)44(32-36)53-56-51(34-19-8-4-9-20-34)55-52(57-53)35-21-10-5-11-22-35/h3-32H,1-2H3/i4D,8D,9D,19D,20D. The molecule has 0 saturated carbocycles. The zero-order chi connectivity index (χ0) is 43.6. The van der Waals surface area contributed by atoms with Gasteiger partial charge in [0.1, 0.15) is 0 Å². The lowest BCUT2D eigenvalue weighted by atomic mass is 9.81. The Bertz CT molecular complexity index is 3740. The molecule has 0 N–H and O–H groups in total. The van der Waals surface area contributed by atoms with Gasteiger partial charge in [-0.1, -0.05) is 178 Å². The van der Waals surface area contributed by atoms with Crippen molar-refractivity contribution in [1.82, 2.24) is 19.5 Å². The third-order valence-electron chi connectivity index (χ3n) is 11.9. The highest BCUT2D eigenvalue weighted by atomic mass is 32.1. The number of benzene rings is 8. The van der Waals surface area contributed by atoms with Crippen molar-refractivity contribution in [1.29, 1.82) is 0 Å². The minimum absolute atomic E-state index is 0.000288. The van der Waals surface area contributed by atoms with Crippen LogP contribution in [0.25, 0.3) is 104 Å². The van der Waals surface area contributed by atoms with Gasteiger partial charge in [-0.2, -0.15) is 0 Å². The number of rotatable bonds is 5. The third kappa shape index (κ3) is 5.11. The Morgan fingerprint density at radius 3 is 1.95 bits per heavy atom. The summed E-state index contributed by atoms with van der Waals surface area (Å²) in [5.74, 6) is 0.653. The van der Waals surface area contributed by atoms with Crippen molar-refractivity contribution in [3.05, 3.63) is 193 Å². The lowest BCUT2D eigenvalue weighted by molar-refractivity contribution is 0.664. The fourth-order valence-corrected chi connectivity index (χ4v) is 10.6. The van der Waals surface area contributed by atoms with Crippen LogP contribution in [-0.2, 0) is 5.41 Å². The Labute approximate surface area is 352 Å². The van der Waals surface area contributed by atoms with Crippen molar-refractivity contribution in [2.75, 3.05) is 0 Å². The molecule has 0 spiro atoms. The van der Waals surface area contributed by atoms with Crippen LogP contribution in [0.15, 0.2) is 182 Å². The zero-order valence-electron chi connectivity index (χ0n) is 37.1. The molecule has 5 heteroatoms. The number of hydrogen-bond acceptors (Lipinski definition) is 4. The molecule has 0 aliphatic heterocycles. The third-order valence-corrected chi connectivity index (χ3v) is 13.2. The molecule has 0 atom stereocenters. The first kappa shape index (κ1) is 29.1. The predicted molar refractivity (Wildman–Crippen MR) is 246 cm³/mol. The van der Waals surface area contributed by atoms with E-state index in [0.717, 1.165) is 64.4 Å². The molecule has 0 radical (unpaired) electrons.